The summed E-state index contributed by atoms with van der Waals surface area (Å²) in [7, 11) is 0. The van der Waals surface area contributed by atoms with Gasteiger partial charge in [-0.3, -0.25) is 0 Å². The largest absolute Gasteiger partial charge is 0.395 e. The van der Waals surface area contributed by atoms with Gasteiger partial charge in [0.1, 0.15) is 5.82 Å². The fourth-order valence-electron chi connectivity index (χ4n) is 1.67. The van der Waals surface area contributed by atoms with Gasteiger partial charge >= 0.3 is 0 Å². The number of aliphatic hydroxyl groups excluding tert-OH is 1. The number of aromatic nitrogens is 1. The van der Waals surface area contributed by atoms with Crippen molar-refractivity contribution in [3.05, 3.63) is 36.0 Å². The summed E-state index contributed by atoms with van der Waals surface area (Å²) in [5.74, 6) is 0.860. The van der Waals surface area contributed by atoms with E-state index in [9.17, 15) is 0 Å². The van der Waals surface area contributed by atoms with E-state index in [1.165, 1.54) is 0 Å². The van der Waals surface area contributed by atoms with Crippen LogP contribution in [-0.4, -0.2) is 29.8 Å². The SMILES string of the molecule is C=CCN(CCO)c1cc(CN)cc(CC)n1. The lowest BCUT2D eigenvalue weighted by atomic mass is 10.2. The van der Waals surface area contributed by atoms with E-state index in [0.717, 1.165) is 23.5 Å². The maximum Gasteiger partial charge on any atom is 0.129 e. The molecule has 94 valence electrons. The van der Waals surface area contributed by atoms with Gasteiger partial charge in [-0.2, -0.15) is 0 Å². The molecule has 1 rings (SSSR count). The van der Waals surface area contributed by atoms with Crippen LogP contribution in [0.5, 0.6) is 0 Å². The molecule has 0 aliphatic rings. The molecular weight excluding hydrogens is 214 g/mol. The summed E-state index contributed by atoms with van der Waals surface area (Å²) in [5.41, 5.74) is 7.77. The molecule has 0 saturated carbocycles. The first-order valence-electron chi connectivity index (χ1n) is 5.91. The third-order valence-electron chi connectivity index (χ3n) is 2.57. The van der Waals surface area contributed by atoms with E-state index < -0.39 is 0 Å². The quantitative estimate of drug-likeness (QED) is 0.694. The predicted octanol–water partition coefficient (Wildman–Crippen LogP) is 1.09. The Balaban J connectivity index is 3.03. The Hall–Kier alpha value is -1.39. The Kier molecular flexibility index (Phi) is 5.66. The van der Waals surface area contributed by atoms with Gasteiger partial charge in [0.05, 0.1) is 6.61 Å². The van der Waals surface area contributed by atoms with E-state index >= 15 is 0 Å². The highest BCUT2D eigenvalue weighted by atomic mass is 16.3. The molecule has 4 nitrogen and oxygen atoms in total. The van der Waals surface area contributed by atoms with Crippen LogP contribution in [0.3, 0.4) is 0 Å². The first kappa shape index (κ1) is 13.7. The van der Waals surface area contributed by atoms with Gasteiger partial charge in [-0.05, 0) is 24.1 Å². The zero-order valence-electron chi connectivity index (χ0n) is 10.4. The molecule has 4 heteroatoms. The van der Waals surface area contributed by atoms with Crippen molar-refractivity contribution in [3.63, 3.8) is 0 Å². The molecule has 0 bridgehead atoms. The number of hydrogen-bond donors (Lipinski definition) is 2. The first-order valence-corrected chi connectivity index (χ1v) is 5.91. The van der Waals surface area contributed by atoms with Crippen molar-refractivity contribution in [2.45, 2.75) is 19.9 Å². The minimum absolute atomic E-state index is 0.101. The van der Waals surface area contributed by atoms with Gasteiger partial charge in [0.25, 0.3) is 0 Å². The maximum absolute atomic E-state index is 9.05. The van der Waals surface area contributed by atoms with Gasteiger partial charge in [0.15, 0.2) is 0 Å². The zero-order valence-corrected chi connectivity index (χ0v) is 10.4. The third-order valence-corrected chi connectivity index (χ3v) is 2.57. The van der Waals surface area contributed by atoms with Crippen LogP contribution in [0.15, 0.2) is 24.8 Å². The lowest BCUT2D eigenvalue weighted by molar-refractivity contribution is 0.302. The molecule has 1 aromatic rings. The third kappa shape index (κ3) is 3.84. The number of anilines is 1. The Labute approximate surface area is 103 Å². The van der Waals surface area contributed by atoms with Crippen molar-refractivity contribution < 1.29 is 5.11 Å². The molecule has 0 fully saturated rings. The monoisotopic (exact) mass is 235 g/mol. The van der Waals surface area contributed by atoms with E-state index in [1.807, 2.05) is 17.0 Å². The number of nitrogens with two attached hydrogens (primary N) is 1. The number of hydrogen-bond acceptors (Lipinski definition) is 4. The Morgan fingerprint density at radius 1 is 1.53 bits per heavy atom. The second-order valence-corrected chi connectivity index (χ2v) is 3.84. The van der Waals surface area contributed by atoms with Crippen molar-refractivity contribution in [2.24, 2.45) is 5.73 Å². The molecule has 1 heterocycles. The van der Waals surface area contributed by atoms with Gasteiger partial charge < -0.3 is 15.7 Å². The average Bonchev–Trinajstić information content (AvgIpc) is 2.37. The Morgan fingerprint density at radius 2 is 2.29 bits per heavy atom. The van der Waals surface area contributed by atoms with Gasteiger partial charge in [0, 0.05) is 25.3 Å². The van der Waals surface area contributed by atoms with Crippen molar-refractivity contribution >= 4 is 5.82 Å². The van der Waals surface area contributed by atoms with Crippen LogP contribution in [-0.2, 0) is 13.0 Å². The van der Waals surface area contributed by atoms with Crippen molar-refractivity contribution in [2.75, 3.05) is 24.6 Å². The smallest absolute Gasteiger partial charge is 0.129 e. The van der Waals surface area contributed by atoms with Crippen LogP contribution in [0.2, 0.25) is 0 Å². The van der Waals surface area contributed by atoms with E-state index in [0.29, 0.717) is 19.6 Å². The van der Waals surface area contributed by atoms with E-state index in [4.69, 9.17) is 10.8 Å². The van der Waals surface area contributed by atoms with Crippen LogP contribution in [0.1, 0.15) is 18.2 Å². The van der Waals surface area contributed by atoms with Crippen LogP contribution < -0.4 is 10.6 Å². The minimum atomic E-state index is 0.101. The Bertz CT molecular complexity index is 343. The maximum atomic E-state index is 9.05. The van der Waals surface area contributed by atoms with Crippen molar-refractivity contribution in [1.29, 1.82) is 0 Å². The molecule has 0 spiro atoms. The molecule has 3 N–H and O–H groups in total. The van der Waals surface area contributed by atoms with Crippen LogP contribution in [0.25, 0.3) is 0 Å². The molecule has 0 atom stereocenters. The summed E-state index contributed by atoms with van der Waals surface area (Å²) in [4.78, 5) is 6.54. The van der Waals surface area contributed by atoms with Crippen molar-refractivity contribution in [3.8, 4) is 0 Å². The van der Waals surface area contributed by atoms with Gasteiger partial charge in [-0.25, -0.2) is 4.98 Å². The molecule has 1 aromatic heterocycles. The van der Waals surface area contributed by atoms with Gasteiger partial charge in [-0.15, -0.1) is 6.58 Å². The highest BCUT2D eigenvalue weighted by molar-refractivity contribution is 5.43. The standard InChI is InChI=1S/C13H21N3O/c1-3-5-16(6-7-17)13-9-11(10-14)8-12(4-2)15-13/h3,8-9,17H,1,4-7,10,14H2,2H3. The molecule has 0 unspecified atom stereocenters. The molecule has 0 aliphatic carbocycles. The summed E-state index contributed by atoms with van der Waals surface area (Å²) in [6, 6.07) is 3.99. The molecule has 0 amide bonds. The van der Waals surface area contributed by atoms with Crippen molar-refractivity contribution in [1.82, 2.24) is 4.98 Å². The second kappa shape index (κ2) is 7.04. The highest BCUT2D eigenvalue weighted by Crippen LogP contribution is 2.15. The van der Waals surface area contributed by atoms with Gasteiger partial charge in [-0.1, -0.05) is 13.0 Å². The van der Waals surface area contributed by atoms with Crippen LogP contribution in [0, 0.1) is 0 Å². The summed E-state index contributed by atoms with van der Waals surface area (Å²) < 4.78 is 0. The topological polar surface area (TPSA) is 62.4 Å². The number of nitrogens with zero attached hydrogens (tertiary/aromatic N) is 2. The van der Waals surface area contributed by atoms with Crippen LogP contribution >= 0.6 is 0 Å². The number of aliphatic hydroxyl groups is 1. The highest BCUT2D eigenvalue weighted by Gasteiger charge is 2.08. The van der Waals surface area contributed by atoms with E-state index in [1.54, 1.807) is 6.08 Å². The molecular formula is C13H21N3O. The average molecular weight is 235 g/mol. The number of rotatable bonds is 7. The summed E-state index contributed by atoms with van der Waals surface area (Å²) in [6.07, 6.45) is 2.68. The summed E-state index contributed by atoms with van der Waals surface area (Å²) >= 11 is 0. The minimum Gasteiger partial charge on any atom is -0.395 e. The summed E-state index contributed by atoms with van der Waals surface area (Å²) in [5, 5.41) is 9.05. The predicted molar refractivity (Wildman–Crippen MR) is 71.0 cm³/mol. The molecule has 17 heavy (non-hydrogen) atoms. The van der Waals surface area contributed by atoms with E-state index in [2.05, 4.69) is 18.5 Å². The first-order chi connectivity index (χ1) is 8.24. The normalized spacial score (nSPS) is 10.3. The number of aryl methyl sites for hydroxylation is 1. The molecule has 0 radical (unpaired) electrons. The second-order valence-electron chi connectivity index (χ2n) is 3.84. The zero-order chi connectivity index (χ0) is 12.7. The fraction of sp³-hybridized carbons (Fsp3) is 0.462. The lowest BCUT2D eigenvalue weighted by Crippen LogP contribution is -2.28. The fourth-order valence-corrected chi connectivity index (χ4v) is 1.67. The molecule has 0 aromatic carbocycles. The summed E-state index contributed by atoms with van der Waals surface area (Å²) in [6.45, 7) is 7.61. The lowest BCUT2D eigenvalue weighted by Gasteiger charge is -2.22. The van der Waals surface area contributed by atoms with E-state index in [-0.39, 0.29) is 6.61 Å². The van der Waals surface area contributed by atoms with Crippen LogP contribution in [0.4, 0.5) is 5.82 Å². The number of pyridine rings is 1. The molecule has 0 saturated heterocycles. The molecule has 0 aliphatic heterocycles. The Morgan fingerprint density at radius 3 is 2.82 bits per heavy atom. The van der Waals surface area contributed by atoms with Gasteiger partial charge in [0.2, 0.25) is 0 Å².